The maximum atomic E-state index is 12.4. The van der Waals surface area contributed by atoms with Gasteiger partial charge in [0, 0.05) is 5.02 Å². The number of carbonyl (C=O) groups excluding carboxylic acids is 1. The molecule has 124 valence electrons. The lowest BCUT2D eigenvalue weighted by Crippen LogP contribution is -2.26. The zero-order valence-corrected chi connectivity index (χ0v) is 13.8. The van der Waals surface area contributed by atoms with Crippen molar-refractivity contribution in [3.63, 3.8) is 0 Å². The largest absolute Gasteiger partial charge is 0.465 e. The lowest BCUT2D eigenvalue weighted by Gasteiger charge is -2.06. The van der Waals surface area contributed by atoms with Crippen molar-refractivity contribution in [2.45, 2.75) is 20.4 Å². The highest BCUT2D eigenvalue weighted by Crippen LogP contribution is 2.20. The first-order chi connectivity index (χ1) is 11.5. The Labute approximate surface area is 141 Å². The molecule has 0 saturated heterocycles. The quantitative estimate of drug-likeness (QED) is 0.664. The minimum Gasteiger partial charge on any atom is -0.465 e. The molecule has 3 aromatic rings. The van der Waals surface area contributed by atoms with Gasteiger partial charge < -0.3 is 4.74 Å². The van der Waals surface area contributed by atoms with Gasteiger partial charge in [0.25, 0.3) is 5.56 Å². The number of hydrogen-bond acceptors (Lipinski definition) is 6. The fourth-order valence-electron chi connectivity index (χ4n) is 2.19. The SMILES string of the molecule is CCOC(=O)Cn1cnc2c(nnn2-c2ccc(C)c(Cl)c2)c1=O. The summed E-state index contributed by atoms with van der Waals surface area (Å²) < 4.78 is 7.40. The van der Waals surface area contributed by atoms with Crippen LogP contribution in [0, 0.1) is 6.92 Å². The number of nitrogens with zero attached hydrogens (tertiary/aromatic N) is 5. The number of esters is 1. The van der Waals surface area contributed by atoms with Gasteiger partial charge in [0.2, 0.25) is 0 Å². The molecule has 0 spiro atoms. The molecular formula is C15H14ClN5O3. The second kappa shape index (κ2) is 6.40. The Morgan fingerprint density at radius 3 is 2.88 bits per heavy atom. The standard InChI is InChI=1S/C15H14ClN5O3/c1-3-24-12(22)7-20-8-17-14-13(15(20)23)18-19-21(14)10-5-4-9(2)11(16)6-10/h4-6,8H,3,7H2,1-2H3. The molecule has 0 radical (unpaired) electrons. The summed E-state index contributed by atoms with van der Waals surface area (Å²) in [6.07, 6.45) is 1.28. The number of rotatable bonds is 4. The fraction of sp³-hybridized carbons (Fsp3) is 0.267. The third-order valence-electron chi connectivity index (χ3n) is 3.43. The van der Waals surface area contributed by atoms with Crippen LogP contribution in [0.3, 0.4) is 0 Å². The van der Waals surface area contributed by atoms with Gasteiger partial charge in [0.1, 0.15) is 12.9 Å². The molecule has 2 heterocycles. The normalized spacial score (nSPS) is 11.0. The Morgan fingerprint density at radius 2 is 2.17 bits per heavy atom. The van der Waals surface area contributed by atoms with Gasteiger partial charge in [0.05, 0.1) is 12.3 Å². The number of ether oxygens (including phenoxy) is 1. The predicted molar refractivity (Wildman–Crippen MR) is 87.3 cm³/mol. The van der Waals surface area contributed by atoms with Crippen LogP contribution in [0.15, 0.2) is 29.3 Å². The third-order valence-corrected chi connectivity index (χ3v) is 3.84. The molecule has 9 heteroatoms. The molecule has 0 fully saturated rings. The van der Waals surface area contributed by atoms with Crippen molar-refractivity contribution in [3.8, 4) is 5.69 Å². The second-order valence-electron chi connectivity index (χ2n) is 5.09. The summed E-state index contributed by atoms with van der Waals surface area (Å²) >= 11 is 6.13. The van der Waals surface area contributed by atoms with Gasteiger partial charge in [-0.05, 0) is 31.5 Å². The Hall–Kier alpha value is -2.74. The van der Waals surface area contributed by atoms with E-state index in [-0.39, 0.29) is 18.7 Å². The predicted octanol–water partition coefficient (Wildman–Crippen LogP) is 1.50. The number of aromatic nitrogens is 5. The van der Waals surface area contributed by atoms with Crippen LogP contribution in [0.4, 0.5) is 0 Å². The molecule has 0 aliphatic rings. The third kappa shape index (κ3) is 2.88. The Bertz CT molecular complexity index is 979. The summed E-state index contributed by atoms with van der Waals surface area (Å²) in [5, 5.41) is 8.43. The van der Waals surface area contributed by atoms with Crippen molar-refractivity contribution in [2.75, 3.05) is 6.61 Å². The molecule has 0 N–H and O–H groups in total. The summed E-state index contributed by atoms with van der Waals surface area (Å²) in [7, 11) is 0. The van der Waals surface area contributed by atoms with Crippen LogP contribution in [0.25, 0.3) is 16.9 Å². The van der Waals surface area contributed by atoms with Gasteiger partial charge in [-0.2, -0.15) is 4.68 Å². The summed E-state index contributed by atoms with van der Waals surface area (Å²) in [6, 6.07) is 5.37. The molecule has 3 rings (SSSR count). The number of aryl methyl sites for hydroxylation is 1. The van der Waals surface area contributed by atoms with Crippen molar-refractivity contribution in [1.82, 2.24) is 24.5 Å². The molecule has 8 nitrogen and oxygen atoms in total. The average Bonchev–Trinajstić information content (AvgIpc) is 2.98. The van der Waals surface area contributed by atoms with E-state index in [1.54, 1.807) is 19.1 Å². The molecule has 24 heavy (non-hydrogen) atoms. The summed E-state index contributed by atoms with van der Waals surface area (Å²) in [6.45, 7) is 3.60. The fourth-order valence-corrected chi connectivity index (χ4v) is 2.36. The topological polar surface area (TPSA) is 91.9 Å². The van der Waals surface area contributed by atoms with E-state index in [1.807, 2.05) is 13.0 Å². The van der Waals surface area contributed by atoms with E-state index in [9.17, 15) is 9.59 Å². The highest BCUT2D eigenvalue weighted by molar-refractivity contribution is 6.31. The van der Waals surface area contributed by atoms with Gasteiger partial charge >= 0.3 is 5.97 Å². The summed E-state index contributed by atoms with van der Waals surface area (Å²) in [4.78, 5) is 28.1. The first-order valence-electron chi connectivity index (χ1n) is 7.24. The average molecular weight is 348 g/mol. The number of benzene rings is 1. The molecule has 0 aliphatic heterocycles. The highest BCUT2D eigenvalue weighted by Gasteiger charge is 2.15. The van der Waals surface area contributed by atoms with Crippen molar-refractivity contribution in [3.05, 3.63) is 45.5 Å². The van der Waals surface area contributed by atoms with Gasteiger partial charge in [-0.3, -0.25) is 14.2 Å². The molecule has 0 atom stereocenters. The molecule has 2 aromatic heterocycles. The monoisotopic (exact) mass is 347 g/mol. The van der Waals surface area contributed by atoms with Crippen molar-refractivity contribution in [2.24, 2.45) is 0 Å². The van der Waals surface area contributed by atoms with Crippen LogP contribution >= 0.6 is 11.6 Å². The number of hydrogen-bond donors (Lipinski definition) is 0. The van der Waals surface area contributed by atoms with E-state index in [0.29, 0.717) is 16.4 Å². The first-order valence-corrected chi connectivity index (χ1v) is 7.62. The zero-order chi connectivity index (χ0) is 17.3. The molecule has 0 amide bonds. The molecule has 0 aliphatic carbocycles. The minimum atomic E-state index is -0.515. The molecule has 0 unspecified atom stereocenters. The molecular weight excluding hydrogens is 334 g/mol. The van der Waals surface area contributed by atoms with Crippen LogP contribution in [0.5, 0.6) is 0 Å². The van der Waals surface area contributed by atoms with Gasteiger partial charge in [-0.1, -0.05) is 22.9 Å². The zero-order valence-electron chi connectivity index (χ0n) is 13.1. The van der Waals surface area contributed by atoms with Crippen LogP contribution < -0.4 is 5.56 Å². The van der Waals surface area contributed by atoms with Gasteiger partial charge in [-0.25, -0.2) is 4.98 Å². The summed E-state index contributed by atoms with van der Waals surface area (Å²) in [5.74, 6) is -0.515. The lowest BCUT2D eigenvalue weighted by atomic mass is 10.2. The van der Waals surface area contributed by atoms with Crippen LogP contribution in [0.1, 0.15) is 12.5 Å². The Balaban J connectivity index is 2.05. The minimum absolute atomic E-state index is 0.0681. The summed E-state index contributed by atoms with van der Waals surface area (Å²) in [5.41, 5.74) is 1.47. The van der Waals surface area contributed by atoms with Crippen LogP contribution in [0.2, 0.25) is 5.02 Å². The van der Waals surface area contributed by atoms with Gasteiger partial charge in [0.15, 0.2) is 11.2 Å². The highest BCUT2D eigenvalue weighted by atomic mass is 35.5. The van der Waals surface area contributed by atoms with Crippen LogP contribution in [-0.4, -0.2) is 37.1 Å². The first kappa shape index (κ1) is 16.1. The molecule has 0 saturated carbocycles. The molecule has 0 bridgehead atoms. The number of carbonyl (C=O) groups is 1. The van der Waals surface area contributed by atoms with E-state index >= 15 is 0 Å². The Kier molecular flexibility index (Phi) is 4.30. The number of halogens is 1. The Morgan fingerprint density at radius 1 is 1.38 bits per heavy atom. The second-order valence-corrected chi connectivity index (χ2v) is 5.50. The maximum absolute atomic E-state index is 12.4. The van der Waals surface area contributed by atoms with E-state index in [0.717, 1.165) is 10.1 Å². The van der Waals surface area contributed by atoms with E-state index in [1.165, 1.54) is 11.0 Å². The van der Waals surface area contributed by atoms with Crippen LogP contribution in [-0.2, 0) is 16.1 Å². The van der Waals surface area contributed by atoms with E-state index in [2.05, 4.69) is 15.3 Å². The van der Waals surface area contributed by atoms with Gasteiger partial charge in [-0.15, -0.1) is 5.10 Å². The number of fused-ring (bicyclic) bond motifs is 1. The lowest BCUT2D eigenvalue weighted by molar-refractivity contribution is -0.143. The van der Waals surface area contributed by atoms with Crippen molar-refractivity contribution >= 4 is 28.7 Å². The van der Waals surface area contributed by atoms with Crippen molar-refractivity contribution < 1.29 is 9.53 Å². The smallest absolute Gasteiger partial charge is 0.326 e. The maximum Gasteiger partial charge on any atom is 0.326 e. The van der Waals surface area contributed by atoms with E-state index < -0.39 is 11.5 Å². The molecule has 1 aromatic carbocycles. The van der Waals surface area contributed by atoms with Crippen molar-refractivity contribution in [1.29, 1.82) is 0 Å². The van der Waals surface area contributed by atoms with E-state index in [4.69, 9.17) is 16.3 Å².